The molecule has 1 aliphatic heterocycles. The van der Waals surface area contributed by atoms with Crippen LogP contribution in [0.5, 0.6) is 0 Å². The highest BCUT2D eigenvalue weighted by Gasteiger charge is 2.21. The monoisotopic (exact) mass is 283 g/mol. The molecule has 0 bridgehead atoms. The number of nitrogens with one attached hydrogen (secondary N) is 1. The van der Waals surface area contributed by atoms with Gasteiger partial charge in [-0.25, -0.2) is 0 Å². The first-order valence-electron chi connectivity index (χ1n) is 6.85. The summed E-state index contributed by atoms with van der Waals surface area (Å²) in [5, 5.41) is 15.1. The lowest BCUT2D eigenvalue weighted by molar-refractivity contribution is -0.118. The van der Waals surface area contributed by atoms with Crippen LogP contribution >= 0.6 is 0 Å². The number of aryl methyl sites for hydroxylation is 1. The summed E-state index contributed by atoms with van der Waals surface area (Å²) in [6.45, 7) is 4.21. The van der Waals surface area contributed by atoms with Crippen LogP contribution in [0.2, 0.25) is 0 Å². The van der Waals surface area contributed by atoms with E-state index in [2.05, 4.69) is 15.4 Å². The first-order chi connectivity index (χ1) is 9.67. The minimum absolute atomic E-state index is 0.0553. The molecule has 7 nitrogen and oxygen atoms in total. The lowest BCUT2D eigenvalue weighted by Crippen LogP contribution is -2.41. The number of piperidine rings is 1. The van der Waals surface area contributed by atoms with Crippen molar-refractivity contribution in [3.05, 3.63) is 11.8 Å². The molecular weight excluding hydrogens is 262 g/mol. The highest BCUT2D eigenvalue weighted by atomic mass is 16.5. The van der Waals surface area contributed by atoms with Gasteiger partial charge in [0.1, 0.15) is 5.76 Å². The van der Waals surface area contributed by atoms with E-state index in [1.807, 2.05) is 0 Å². The third-order valence-electron chi connectivity index (χ3n) is 3.24. The number of nitrogens with zero attached hydrogens (tertiary/aromatic N) is 2. The van der Waals surface area contributed by atoms with E-state index < -0.39 is 0 Å². The topological polar surface area (TPSA) is 87.8 Å². The van der Waals surface area contributed by atoms with Gasteiger partial charge in [0.15, 0.2) is 5.82 Å². The second-order valence-electron chi connectivity index (χ2n) is 4.94. The quantitative estimate of drug-likeness (QED) is 0.785. The number of carbonyl (C=O) groups is 1. The van der Waals surface area contributed by atoms with Gasteiger partial charge in [0.2, 0.25) is 5.91 Å². The van der Waals surface area contributed by atoms with Gasteiger partial charge in [-0.2, -0.15) is 0 Å². The zero-order chi connectivity index (χ0) is 14.4. The summed E-state index contributed by atoms with van der Waals surface area (Å²) in [4.78, 5) is 13.9. The molecule has 1 amide bonds. The van der Waals surface area contributed by atoms with Gasteiger partial charge in [-0.05, 0) is 19.8 Å². The predicted octanol–water partition coefficient (Wildman–Crippen LogP) is 0.395. The Balaban J connectivity index is 1.68. The third kappa shape index (κ3) is 4.59. The van der Waals surface area contributed by atoms with Crippen molar-refractivity contribution in [3.8, 4) is 0 Å². The molecule has 1 fully saturated rings. The lowest BCUT2D eigenvalue weighted by Gasteiger charge is -2.31. The number of aromatic nitrogens is 1. The summed E-state index contributed by atoms with van der Waals surface area (Å²) >= 11 is 0. The SMILES string of the molecule is Cc1cc(NC(=O)CN2CCC(OCCO)CC2)no1. The van der Waals surface area contributed by atoms with E-state index in [0.29, 0.717) is 24.7 Å². The molecule has 2 N–H and O–H groups in total. The molecule has 20 heavy (non-hydrogen) atoms. The van der Waals surface area contributed by atoms with Crippen LogP contribution in [0, 0.1) is 6.92 Å². The highest BCUT2D eigenvalue weighted by Crippen LogP contribution is 2.13. The van der Waals surface area contributed by atoms with E-state index in [4.69, 9.17) is 14.4 Å². The van der Waals surface area contributed by atoms with Crippen LogP contribution in [0.3, 0.4) is 0 Å². The number of hydrogen-bond donors (Lipinski definition) is 2. The largest absolute Gasteiger partial charge is 0.394 e. The van der Waals surface area contributed by atoms with Gasteiger partial charge in [-0.15, -0.1) is 0 Å². The fraction of sp³-hybridized carbons (Fsp3) is 0.692. The predicted molar refractivity (Wildman–Crippen MR) is 72.4 cm³/mol. The van der Waals surface area contributed by atoms with E-state index >= 15 is 0 Å². The van der Waals surface area contributed by atoms with E-state index in [1.165, 1.54) is 0 Å². The van der Waals surface area contributed by atoms with Gasteiger partial charge in [0.25, 0.3) is 0 Å². The van der Waals surface area contributed by atoms with E-state index in [1.54, 1.807) is 13.0 Å². The van der Waals surface area contributed by atoms with Crippen molar-refractivity contribution in [1.82, 2.24) is 10.1 Å². The number of aliphatic hydroxyl groups is 1. The van der Waals surface area contributed by atoms with Crippen LogP contribution in [-0.4, -0.2) is 60.0 Å². The van der Waals surface area contributed by atoms with E-state index in [0.717, 1.165) is 25.9 Å². The zero-order valence-electron chi connectivity index (χ0n) is 11.7. The van der Waals surface area contributed by atoms with Crippen LogP contribution < -0.4 is 5.32 Å². The summed E-state index contributed by atoms with van der Waals surface area (Å²) < 4.78 is 10.4. The third-order valence-corrected chi connectivity index (χ3v) is 3.24. The van der Waals surface area contributed by atoms with Gasteiger partial charge < -0.3 is 19.7 Å². The highest BCUT2D eigenvalue weighted by molar-refractivity contribution is 5.91. The fourth-order valence-corrected chi connectivity index (χ4v) is 2.26. The summed E-state index contributed by atoms with van der Waals surface area (Å²) in [5.41, 5.74) is 0. The van der Waals surface area contributed by atoms with Crippen molar-refractivity contribution in [1.29, 1.82) is 0 Å². The minimum Gasteiger partial charge on any atom is -0.394 e. The van der Waals surface area contributed by atoms with Crippen molar-refractivity contribution in [2.45, 2.75) is 25.9 Å². The lowest BCUT2D eigenvalue weighted by atomic mass is 10.1. The summed E-state index contributed by atoms with van der Waals surface area (Å²) in [5.74, 6) is 1.03. The standard InChI is InChI=1S/C13H21N3O4/c1-10-8-12(15-20-10)14-13(18)9-16-4-2-11(3-5-16)19-7-6-17/h8,11,17H,2-7,9H2,1H3,(H,14,15,18). The molecule has 7 heteroatoms. The number of aliphatic hydroxyl groups excluding tert-OH is 1. The number of amides is 1. The van der Waals surface area contributed by atoms with E-state index in [-0.39, 0.29) is 18.6 Å². The van der Waals surface area contributed by atoms with Gasteiger partial charge in [-0.3, -0.25) is 9.69 Å². The smallest absolute Gasteiger partial charge is 0.239 e. The summed E-state index contributed by atoms with van der Waals surface area (Å²) in [6, 6.07) is 1.69. The van der Waals surface area contributed by atoms with Crippen LogP contribution in [0.4, 0.5) is 5.82 Å². The molecule has 112 valence electrons. The molecule has 2 heterocycles. The maximum Gasteiger partial charge on any atom is 0.239 e. The van der Waals surface area contributed by atoms with Gasteiger partial charge in [-0.1, -0.05) is 5.16 Å². The Morgan fingerprint density at radius 2 is 2.35 bits per heavy atom. The van der Waals surface area contributed by atoms with Gasteiger partial charge in [0, 0.05) is 19.2 Å². The van der Waals surface area contributed by atoms with Crippen LogP contribution in [0.15, 0.2) is 10.6 Å². The molecule has 2 rings (SSSR count). The average Bonchev–Trinajstić information content (AvgIpc) is 2.83. The molecule has 1 saturated heterocycles. The van der Waals surface area contributed by atoms with Gasteiger partial charge in [0.05, 0.1) is 25.9 Å². The second-order valence-corrected chi connectivity index (χ2v) is 4.94. The maximum absolute atomic E-state index is 11.8. The number of rotatable bonds is 6. The Hall–Kier alpha value is -1.44. The molecule has 0 aromatic carbocycles. The van der Waals surface area contributed by atoms with Crippen molar-refractivity contribution in [3.63, 3.8) is 0 Å². The molecule has 1 aromatic rings. The molecular formula is C13H21N3O4. The number of ether oxygens (including phenoxy) is 1. The Morgan fingerprint density at radius 1 is 1.60 bits per heavy atom. The Bertz CT molecular complexity index is 427. The van der Waals surface area contributed by atoms with Gasteiger partial charge >= 0.3 is 0 Å². The average molecular weight is 283 g/mol. The maximum atomic E-state index is 11.8. The first-order valence-corrected chi connectivity index (χ1v) is 6.85. The van der Waals surface area contributed by atoms with Crippen molar-refractivity contribution in [2.75, 3.05) is 38.2 Å². The molecule has 0 unspecified atom stereocenters. The molecule has 1 aromatic heterocycles. The van der Waals surface area contributed by atoms with Crippen LogP contribution in [-0.2, 0) is 9.53 Å². The molecule has 0 saturated carbocycles. The number of anilines is 1. The Morgan fingerprint density at radius 3 is 2.95 bits per heavy atom. The Labute approximate surface area is 117 Å². The van der Waals surface area contributed by atoms with Crippen molar-refractivity contribution < 1.29 is 19.2 Å². The number of carbonyl (C=O) groups excluding carboxylic acids is 1. The first kappa shape index (κ1) is 15.0. The van der Waals surface area contributed by atoms with E-state index in [9.17, 15) is 4.79 Å². The summed E-state index contributed by atoms with van der Waals surface area (Å²) in [7, 11) is 0. The van der Waals surface area contributed by atoms with Crippen molar-refractivity contribution in [2.24, 2.45) is 0 Å². The number of hydrogen-bond acceptors (Lipinski definition) is 6. The van der Waals surface area contributed by atoms with Crippen LogP contribution in [0.1, 0.15) is 18.6 Å². The fourth-order valence-electron chi connectivity index (χ4n) is 2.26. The minimum atomic E-state index is -0.0898. The molecule has 0 radical (unpaired) electrons. The molecule has 0 atom stereocenters. The molecule has 1 aliphatic rings. The zero-order valence-corrected chi connectivity index (χ0v) is 11.7. The second kappa shape index (κ2) is 7.37. The van der Waals surface area contributed by atoms with Crippen LogP contribution in [0.25, 0.3) is 0 Å². The summed E-state index contributed by atoms with van der Waals surface area (Å²) in [6.07, 6.45) is 1.96. The molecule has 0 spiro atoms. The molecule has 0 aliphatic carbocycles. The van der Waals surface area contributed by atoms with Crippen molar-refractivity contribution >= 4 is 11.7 Å². The number of likely N-dealkylation sites (tertiary alicyclic amines) is 1. The normalized spacial score (nSPS) is 17.3. The Kier molecular flexibility index (Phi) is 5.51.